The molecule has 0 heterocycles. The molecular weight excluding hydrogens is 514 g/mol. The van der Waals surface area contributed by atoms with Crippen LogP contribution in [0, 0.1) is 6.92 Å². The molecule has 4 aromatic carbocycles. The quantitative estimate of drug-likeness (QED) is 0.214. The number of sulfonamides is 1. The molecule has 1 N–H and O–H groups in total. The van der Waals surface area contributed by atoms with Gasteiger partial charge in [-0.15, -0.1) is 0 Å². The molecule has 39 heavy (non-hydrogen) atoms. The molecule has 0 aliphatic carbocycles. The molecule has 200 valence electrons. The van der Waals surface area contributed by atoms with Gasteiger partial charge in [0.05, 0.1) is 23.9 Å². The lowest BCUT2D eigenvalue weighted by molar-refractivity contribution is -0.119. The summed E-state index contributed by atoms with van der Waals surface area (Å²) >= 11 is 0. The van der Waals surface area contributed by atoms with E-state index in [1.165, 1.54) is 25.5 Å². The van der Waals surface area contributed by atoms with E-state index in [1.54, 1.807) is 36.4 Å². The average Bonchev–Trinajstić information content (AvgIpc) is 2.96. The van der Waals surface area contributed by atoms with E-state index in [0.717, 1.165) is 15.4 Å². The second kappa shape index (κ2) is 12.7. The molecule has 4 rings (SSSR count). The van der Waals surface area contributed by atoms with Gasteiger partial charge >= 0.3 is 0 Å². The largest absolute Gasteiger partial charge is 0.497 e. The number of anilines is 1. The second-order valence-electron chi connectivity index (χ2n) is 8.63. The smallest absolute Gasteiger partial charge is 0.264 e. The predicted molar refractivity (Wildman–Crippen MR) is 152 cm³/mol. The number of para-hydroxylation sites is 1. The zero-order chi connectivity index (χ0) is 27.7. The fourth-order valence-electron chi connectivity index (χ4n) is 3.69. The summed E-state index contributed by atoms with van der Waals surface area (Å²) in [7, 11) is -2.56. The van der Waals surface area contributed by atoms with Crippen LogP contribution in [0.15, 0.2) is 113 Å². The van der Waals surface area contributed by atoms with Crippen molar-refractivity contribution in [1.29, 1.82) is 0 Å². The molecular formula is C30H29N3O5S. The first-order valence-electron chi connectivity index (χ1n) is 12.2. The van der Waals surface area contributed by atoms with E-state index in [-0.39, 0.29) is 4.90 Å². The zero-order valence-electron chi connectivity index (χ0n) is 21.7. The topological polar surface area (TPSA) is 97.3 Å². The Morgan fingerprint density at radius 3 is 2.26 bits per heavy atom. The fourth-order valence-corrected chi connectivity index (χ4v) is 5.12. The van der Waals surface area contributed by atoms with E-state index in [0.29, 0.717) is 29.4 Å². The maximum absolute atomic E-state index is 13.5. The molecule has 0 saturated heterocycles. The van der Waals surface area contributed by atoms with E-state index in [2.05, 4.69) is 10.5 Å². The highest BCUT2D eigenvalue weighted by molar-refractivity contribution is 7.92. The van der Waals surface area contributed by atoms with Crippen LogP contribution in [0.3, 0.4) is 0 Å². The van der Waals surface area contributed by atoms with E-state index >= 15 is 0 Å². The predicted octanol–water partition coefficient (Wildman–Crippen LogP) is 4.93. The molecule has 1 amide bonds. The van der Waals surface area contributed by atoms with Gasteiger partial charge in [0.25, 0.3) is 15.9 Å². The molecule has 0 fully saturated rings. The van der Waals surface area contributed by atoms with Crippen molar-refractivity contribution in [1.82, 2.24) is 5.43 Å². The summed E-state index contributed by atoms with van der Waals surface area (Å²) in [6, 6.07) is 30.0. The summed E-state index contributed by atoms with van der Waals surface area (Å²) in [5.74, 6) is 0.519. The molecule has 0 bridgehead atoms. The zero-order valence-corrected chi connectivity index (χ0v) is 22.5. The molecule has 4 aromatic rings. The van der Waals surface area contributed by atoms with Crippen molar-refractivity contribution in [2.45, 2.75) is 18.4 Å². The molecule has 0 unspecified atom stereocenters. The van der Waals surface area contributed by atoms with Crippen molar-refractivity contribution < 1.29 is 22.7 Å². The summed E-state index contributed by atoms with van der Waals surface area (Å²) in [4.78, 5) is 12.9. The maximum atomic E-state index is 13.5. The standard InChI is InChI=1S/C30H29N3O5S/c1-23-12-14-26(15-13-23)33(39(35,36)28-18-16-27(37-2)17-19-28)21-30(34)32-31-20-25-10-6-7-11-29(25)38-22-24-8-4-3-5-9-24/h3-20H,21-22H2,1-2H3,(H,32,34)/b31-20+. The number of carbonyl (C=O) groups is 1. The fraction of sp³-hybridized carbons (Fsp3) is 0.133. The van der Waals surface area contributed by atoms with Crippen molar-refractivity contribution in [3.63, 3.8) is 0 Å². The van der Waals surface area contributed by atoms with Crippen molar-refractivity contribution in [2.24, 2.45) is 5.10 Å². The van der Waals surface area contributed by atoms with Crippen molar-refractivity contribution in [3.8, 4) is 11.5 Å². The van der Waals surface area contributed by atoms with Gasteiger partial charge in [-0.05, 0) is 61.0 Å². The van der Waals surface area contributed by atoms with Crippen LogP contribution in [-0.2, 0) is 21.4 Å². The molecule has 0 aliphatic heterocycles. The summed E-state index contributed by atoms with van der Waals surface area (Å²) in [5.41, 5.74) is 5.43. The second-order valence-corrected chi connectivity index (χ2v) is 10.5. The van der Waals surface area contributed by atoms with Gasteiger partial charge in [-0.1, -0.05) is 60.2 Å². The summed E-state index contributed by atoms with van der Waals surface area (Å²) < 4.78 is 39.2. The number of hydrogen-bond acceptors (Lipinski definition) is 6. The van der Waals surface area contributed by atoms with Crippen LogP contribution in [0.25, 0.3) is 0 Å². The highest BCUT2D eigenvalue weighted by Crippen LogP contribution is 2.25. The maximum Gasteiger partial charge on any atom is 0.264 e. The number of aryl methyl sites for hydroxylation is 1. The third-order valence-electron chi connectivity index (χ3n) is 5.81. The minimum atomic E-state index is -4.06. The summed E-state index contributed by atoms with van der Waals surface area (Å²) in [5, 5.41) is 4.05. The molecule has 0 aliphatic rings. The summed E-state index contributed by atoms with van der Waals surface area (Å²) in [6.07, 6.45) is 1.46. The monoisotopic (exact) mass is 543 g/mol. The van der Waals surface area contributed by atoms with Gasteiger partial charge in [0, 0.05) is 5.56 Å². The lowest BCUT2D eigenvalue weighted by atomic mass is 10.2. The number of carbonyl (C=O) groups excluding carboxylic acids is 1. The minimum absolute atomic E-state index is 0.0321. The molecule has 0 atom stereocenters. The number of hydrogen-bond donors (Lipinski definition) is 1. The van der Waals surface area contributed by atoms with Crippen molar-refractivity contribution in [3.05, 3.63) is 120 Å². The van der Waals surface area contributed by atoms with E-state index in [4.69, 9.17) is 9.47 Å². The normalized spacial score (nSPS) is 11.2. The Morgan fingerprint density at radius 1 is 0.897 bits per heavy atom. The first-order chi connectivity index (χ1) is 18.9. The highest BCUT2D eigenvalue weighted by atomic mass is 32.2. The lowest BCUT2D eigenvalue weighted by Gasteiger charge is -2.24. The van der Waals surface area contributed by atoms with Crippen LogP contribution in [0.1, 0.15) is 16.7 Å². The van der Waals surface area contributed by atoms with Gasteiger partial charge in [-0.3, -0.25) is 9.10 Å². The number of amides is 1. The highest BCUT2D eigenvalue weighted by Gasteiger charge is 2.27. The molecule has 0 aromatic heterocycles. The Labute approximate surface area is 228 Å². The van der Waals surface area contributed by atoms with Gasteiger partial charge in [0.15, 0.2) is 0 Å². The molecule has 8 nitrogen and oxygen atoms in total. The number of ether oxygens (including phenoxy) is 2. The first-order valence-corrected chi connectivity index (χ1v) is 13.6. The van der Waals surface area contributed by atoms with E-state index in [1.807, 2.05) is 61.5 Å². The molecule has 9 heteroatoms. The lowest BCUT2D eigenvalue weighted by Crippen LogP contribution is -2.39. The summed E-state index contributed by atoms with van der Waals surface area (Å²) in [6.45, 7) is 1.81. The molecule has 0 spiro atoms. The number of benzene rings is 4. The third kappa shape index (κ3) is 7.24. The number of hydrazone groups is 1. The Bertz CT molecular complexity index is 1520. The van der Waals surface area contributed by atoms with Gasteiger partial charge in [0.1, 0.15) is 24.7 Å². The van der Waals surface area contributed by atoms with Crippen molar-refractivity contribution >= 4 is 27.8 Å². The minimum Gasteiger partial charge on any atom is -0.497 e. The van der Waals surface area contributed by atoms with Gasteiger partial charge in [0.2, 0.25) is 0 Å². The Hall–Kier alpha value is -4.63. The van der Waals surface area contributed by atoms with Crippen LogP contribution in [0.5, 0.6) is 11.5 Å². The Balaban J connectivity index is 1.49. The Kier molecular flexibility index (Phi) is 8.96. The van der Waals surface area contributed by atoms with Crippen LogP contribution in [0.2, 0.25) is 0 Å². The van der Waals surface area contributed by atoms with Crippen LogP contribution in [-0.4, -0.2) is 34.2 Å². The Morgan fingerprint density at radius 2 is 1.56 bits per heavy atom. The van der Waals surface area contributed by atoms with Gasteiger partial charge in [-0.25, -0.2) is 13.8 Å². The number of methoxy groups -OCH3 is 1. The third-order valence-corrected chi connectivity index (χ3v) is 7.59. The van der Waals surface area contributed by atoms with Crippen LogP contribution in [0.4, 0.5) is 5.69 Å². The molecule has 0 radical (unpaired) electrons. The van der Waals surface area contributed by atoms with Crippen LogP contribution < -0.4 is 19.2 Å². The van der Waals surface area contributed by atoms with Gasteiger partial charge in [-0.2, -0.15) is 5.10 Å². The molecule has 0 saturated carbocycles. The SMILES string of the molecule is COc1ccc(S(=O)(=O)N(CC(=O)N/N=C/c2ccccc2OCc2ccccc2)c2ccc(C)cc2)cc1. The van der Waals surface area contributed by atoms with E-state index < -0.39 is 22.5 Å². The van der Waals surface area contributed by atoms with Crippen LogP contribution >= 0.6 is 0 Å². The number of nitrogens with one attached hydrogen (secondary N) is 1. The number of rotatable bonds is 11. The first kappa shape index (κ1) is 27.4. The van der Waals surface area contributed by atoms with Gasteiger partial charge < -0.3 is 9.47 Å². The van der Waals surface area contributed by atoms with E-state index in [9.17, 15) is 13.2 Å². The number of nitrogens with zero attached hydrogens (tertiary/aromatic N) is 2. The average molecular weight is 544 g/mol. The van der Waals surface area contributed by atoms with Crippen molar-refractivity contribution in [2.75, 3.05) is 18.0 Å².